The molecular formula is C15H12O4. The lowest BCUT2D eigenvalue weighted by Gasteiger charge is -2.11. The minimum Gasteiger partial charge on any atom is -0.508 e. The molecule has 2 aromatic rings. The van der Waals surface area contributed by atoms with E-state index in [0.717, 1.165) is 0 Å². The summed E-state index contributed by atoms with van der Waals surface area (Å²) in [4.78, 5) is 11.4. The first-order valence-electron chi connectivity index (χ1n) is 5.54. The monoisotopic (exact) mass is 256 g/mol. The first kappa shape index (κ1) is 12.7. The van der Waals surface area contributed by atoms with Crippen molar-refractivity contribution < 1.29 is 20.1 Å². The Morgan fingerprint density at radius 1 is 1.05 bits per heavy atom. The van der Waals surface area contributed by atoms with Crippen molar-refractivity contribution in [2.75, 3.05) is 0 Å². The van der Waals surface area contributed by atoms with Crippen molar-refractivity contribution >= 4 is 11.7 Å². The smallest absolute Gasteiger partial charge is 0.337 e. The van der Waals surface area contributed by atoms with E-state index < -0.39 is 5.97 Å². The van der Waals surface area contributed by atoms with Gasteiger partial charge in [-0.1, -0.05) is 36.9 Å². The Kier molecular flexibility index (Phi) is 3.25. The second-order valence-corrected chi connectivity index (χ2v) is 4.03. The number of aromatic hydroxyl groups is 1. The van der Waals surface area contributed by atoms with E-state index in [-0.39, 0.29) is 22.6 Å². The molecule has 0 unspecified atom stereocenters. The van der Waals surface area contributed by atoms with E-state index in [2.05, 4.69) is 6.58 Å². The van der Waals surface area contributed by atoms with E-state index >= 15 is 0 Å². The van der Waals surface area contributed by atoms with Gasteiger partial charge in [-0.25, -0.2) is 4.79 Å². The van der Waals surface area contributed by atoms with Crippen molar-refractivity contribution in [3.8, 4) is 16.9 Å². The summed E-state index contributed by atoms with van der Waals surface area (Å²) in [5.41, 5.74) is 1.09. The molecule has 0 amide bonds. The van der Waals surface area contributed by atoms with Crippen LogP contribution in [-0.2, 0) is 0 Å². The van der Waals surface area contributed by atoms with E-state index in [4.69, 9.17) is 0 Å². The van der Waals surface area contributed by atoms with Gasteiger partial charge in [0.15, 0.2) is 0 Å². The predicted molar refractivity (Wildman–Crippen MR) is 72.2 cm³/mol. The van der Waals surface area contributed by atoms with Gasteiger partial charge < -0.3 is 15.3 Å². The maximum absolute atomic E-state index is 11.4. The summed E-state index contributed by atoms with van der Waals surface area (Å²) in [6, 6.07) is 11.0. The molecule has 19 heavy (non-hydrogen) atoms. The number of hydrogen-bond donors (Lipinski definition) is 3. The van der Waals surface area contributed by atoms with E-state index in [0.29, 0.717) is 11.1 Å². The van der Waals surface area contributed by atoms with Gasteiger partial charge in [0.05, 0.1) is 5.56 Å². The number of hydrogen-bond acceptors (Lipinski definition) is 3. The molecule has 0 aliphatic carbocycles. The van der Waals surface area contributed by atoms with Crippen LogP contribution >= 0.6 is 0 Å². The molecule has 0 aliphatic heterocycles. The standard InChI is InChI=1S/C15H12O4/c1-9(16)12-6-3-7-13(14(12)15(18)19)10-4-2-5-11(17)8-10/h2-8,16-17H,1H2,(H,18,19). The highest BCUT2D eigenvalue weighted by molar-refractivity contribution is 6.00. The minimum atomic E-state index is -1.16. The zero-order valence-corrected chi connectivity index (χ0v) is 10.00. The summed E-state index contributed by atoms with van der Waals surface area (Å²) >= 11 is 0. The number of aliphatic hydroxyl groups excluding tert-OH is 1. The fourth-order valence-corrected chi connectivity index (χ4v) is 1.94. The second kappa shape index (κ2) is 4.86. The lowest BCUT2D eigenvalue weighted by atomic mass is 9.94. The number of benzene rings is 2. The molecule has 96 valence electrons. The Labute approximate surface area is 109 Å². The number of carboxylic acids is 1. The quantitative estimate of drug-likeness (QED) is 0.736. The van der Waals surface area contributed by atoms with Crippen LogP contribution in [0.3, 0.4) is 0 Å². The molecule has 4 nitrogen and oxygen atoms in total. The largest absolute Gasteiger partial charge is 0.508 e. The maximum Gasteiger partial charge on any atom is 0.337 e. The van der Waals surface area contributed by atoms with Crippen molar-refractivity contribution in [1.82, 2.24) is 0 Å². The summed E-state index contributed by atoms with van der Waals surface area (Å²) in [7, 11) is 0. The van der Waals surface area contributed by atoms with Crippen LogP contribution in [0.4, 0.5) is 0 Å². The van der Waals surface area contributed by atoms with Crippen LogP contribution in [0.2, 0.25) is 0 Å². The zero-order valence-electron chi connectivity index (χ0n) is 10.00. The van der Waals surface area contributed by atoms with Gasteiger partial charge in [0.2, 0.25) is 0 Å². The van der Waals surface area contributed by atoms with Crippen molar-refractivity contribution in [1.29, 1.82) is 0 Å². The number of aromatic carboxylic acids is 1. The molecule has 3 N–H and O–H groups in total. The van der Waals surface area contributed by atoms with Crippen LogP contribution in [0, 0.1) is 0 Å². The third-order valence-electron chi connectivity index (χ3n) is 2.75. The Hall–Kier alpha value is -2.75. The molecule has 0 aromatic heterocycles. The molecule has 0 aliphatic rings. The zero-order chi connectivity index (χ0) is 14.0. The Morgan fingerprint density at radius 3 is 2.32 bits per heavy atom. The summed E-state index contributed by atoms with van der Waals surface area (Å²) < 4.78 is 0. The summed E-state index contributed by atoms with van der Waals surface area (Å²) in [5.74, 6) is -1.43. The Bertz CT molecular complexity index is 659. The molecule has 0 bridgehead atoms. The lowest BCUT2D eigenvalue weighted by Crippen LogP contribution is -2.04. The maximum atomic E-state index is 11.4. The van der Waals surface area contributed by atoms with Crippen LogP contribution in [-0.4, -0.2) is 21.3 Å². The fraction of sp³-hybridized carbons (Fsp3) is 0. The molecule has 0 radical (unpaired) electrons. The highest BCUT2D eigenvalue weighted by Gasteiger charge is 2.18. The summed E-state index contributed by atoms with van der Waals surface area (Å²) in [6.07, 6.45) is 0. The topological polar surface area (TPSA) is 77.8 Å². The van der Waals surface area contributed by atoms with E-state index in [1.54, 1.807) is 24.3 Å². The molecule has 0 heterocycles. The molecule has 2 rings (SSSR count). The first-order valence-corrected chi connectivity index (χ1v) is 5.54. The first-order chi connectivity index (χ1) is 9.00. The molecule has 2 aromatic carbocycles. The van der Waals surface area contributed by atoms with Crippen molar-refractivity contribution in [2.24, 2.45) is 0 Å². The molecule has 0 saturated heterocycles. The van der Waals surface area contributed by atoms with Crippen molar-refractivity contribution in [3.05, 3.63) is 60.2 Å². The van der Waals surface area contributed by atoms with Gasteiger partial charge in [-0.05, 0) is 23.3 Å². The average molecular weight is 256 g/mol. The third kappa shape index (κ3) is 2.42. The van der Waals surface area contributed by atoms with Gasteiger partial charge >= 0.3 is 5.97 Å². The number of carbonyl (C=O) groups is 1. The molecule has 4 heteroatoms. The van der Waals surface area contributed by atoms with Crippen LogP contribution in [0.15, 0.2) is 49.0 Å². The summed E-state index contributed by atoms with van der Waals surface area (Å²) in [6.45, 7) is 3.36. The third-order valence-corrected chi connectivity index (χ3v) is 2.75. The lowest BCUT2D eigenvalue weighted by molar-refractivity contribution is 0.0697. The average Bonchev–Trinajstić information content (AvgIpc) is 2.37. The Morgan fingerprint density at radius 2 is 1.74 bits per heavy atom. The van der Waals surface area contributed by atoms with Crippen molar-refractivity contribution in [2.45, 2.75) is 0 Å². The second-order valence-electron chi connectivity index (χ2n) is 4.03. The van der Waals surface area contributed by atoms with Crippen LogP contribution in [0.1, 0.15) is 15.9 Å². The van der Waals surface area contributed by atoms with Crippen LogP contribution in [0.5, 0.6) is 5.75 Å². The molecule has 0 fully saturated rings. The number of carboxylic acid groups (broad SMARTS) is 1. The molecule has 0 atom stereocenters. The molecular weight excluding hydrogens is 244 g/mol. The molecule has 0 saturated carbocycles. The van der Waals surface area contributed by atoms with Crippen LogP contribution < -0.4 is 0 Å². The number of aliphatic hydroxyl groups is 1. The fourth-order valence-electron chi connectivity index (χ4n) is 1.94. The summed E-state index contributed by atoms with van der Waals surface area (Å²) in [5, 5.41) is 28.3. The van der Waals surface area contributed by atoms with Gasteiger partial charge in [0.25, 0.3) is 0 Å². The van der Waals surface area contributed by atoms with Gasteiger partial charge in [-0.3, -0.25) is 0 Å². The normalized spacial score (nSPS) is 10.1. The van der Waals surface area contributed by atoms with Crippen LogP contribution in [0.25, 0.3) is 16.9 Å². The predicted octanol–water partition coefficient (Wildman–Crippen LogP) is 3.29. The number of phenolic OH excluding ortho intramolecular Hbond substituents is 1. The highest BCUT2D eigenvalue weighted by Crippen LogP contribution is 2.30. The van der Waals surface area contributed by atoms with Crippen molar-refractivity contribution in [3.63, 3.8) is 0 Å². The number of phenols is 1. The highest BCUT2D eigenvalue weighted by atomic mass is 16.4. The van der Waals surface area contributed by atoms with E-state index in [1.807, 2.05) is 0 Å². The van der Waals surface area contributed by atoms with Gasteiger partial charge in [-0.15, -0.1) is 0 Å². The molecule has 0 spiro atoms. The van der Waals surface area contributed by atoms with E-state index in [9.17, 15) is 20.1 Å². The minimum absolute atomic E-state index is 0.0411. The van der Waals surface area contributed by atoms with E-state index in [1.165, 1.54) is 18.2 Å². The van der Waals surface area contributed by atoms with Gasteiger partial charge in [0, 0.05) is 5.56 Å². The van der Waals surface area contributed by atoms with Gasteiger partial charge in [-0.2, -0.15) is 0 Å². The number of rotatable bonds is 3. The Balaban J connectivity index is 2.73. The van der Waals surface area contributed by atoms with Gasteiger partial charge in [0.1, 0.15) is 11.5 Å². The SMILES string of the molecule is C=C(O)c1cccc(-c2cccc(O)c2)c1C(=O)O.